The smallest absolute Gasteiger partial charge is 0.550 e. The molecule has 0 radical (unpaired) electrons. The normalized spacial score (nSPS) is 53.7. The van der Waals surface area contributed by atoms with Crippen molar-refractivity contribution in [3.8, 4) is 0 Å². The van der Waals surface area contributed by atoms with Crippen LogP contribution in [0.3, 0.4) is 0 Å². The first kappa shape index (κ1) is 27.2. The second-order valence-corrected chi connectivity index (χ2v) is 14.5. The number of hydrogen-bond donors (Lipinski definition) is 1. The Morgan fingerprint density at radius 3 is 2.26 bits per heavy atom. The van der Waals surface area contributed by atoms with Crippen LogP contribution in [0.1, 0.15) is 106 Å². The Morgan fingerprint density at radius 2 is 1.62 bits per heavy atom. The average molecular weight is 479 g/mol. The summed E-state index contributed by atoms with van der Waals surface area (Å²) in [5, 5.41) is 23.6. The quantitative estimate of drug-likeness (QED) is 0.466. The molecule has 4 heteroatoms. The first-order valence-electron chi connectivity index (χ1n) is 13.9. The van der Waals surface area contributed by atoms with Crippen LogP contribution in [0.5, 0.6) is 0 Å². The molecule has 5 aliphatic carbocycles. The summed E-state index contributed by atoms with van der Waals surface area (Å²) < 4.78 is 0. The van der Waals surface area contributed by atoms with Crippen molar-refractivity contribution in [3.05, 3.63) is 11.6 Å². The van der Waals surface area contributed by atoms with Crippen LogP contribution in [0.25, 0.3) is 0 Å². The number of carbonyl (C=O) groups excluding carboxylic acids is 1. The van der Waals surface area contributed by atoms with Crippen LogP contribution >= 0.6 is 0 Å². The molecule has 5 rings (SSSR count). The van der Waals surface area contributed by atoms with Crippen LogP contribution in [0.15, 0.2) is 11.6 Å². The third-order valence-electron chi connectivity index (χ3n) is 13.4. The molecule has 1 N–H and O–H groups in total. The Bertz CT molecular complexity index is 880. The third-order valence-corrected chi connectivity index (χ3v) is 13.4. The van der Waals surface area contributed by atoms with E-state index in [1.807, 2.05) is 0 Å². The Hall–Kier alpha value is 0.170. The molecule has 0 aromatic carbocycles. The largest absolute Gasteiger partial charge is 1.00 e. The van der Waals surface area contributed by atoms with Crippen LogP contribution in [0, 0.1) is 56.7 Å². The zero-order valence-electron chi connectivity index (χ0n) is 23.2. The van der Waals surface area contributed by atoms with E-state index < -0.39 is 11.4 Å². The van der Waals surface area contributed by atoms with Crippen molar-refractivity contribution < 1.29 is 44.6 Å². The van der Waals surface area contributed by atoms with Crippen molar-refractivity contribution in [2.45, 2.75) is 112 Å². The zero-order chi connectivity index (χ0) is 24.2. The van der Waals surface area contributed by atoms with E-state index in [-0.39, 0.29) is 63.2 Å². The number of carboxylic acids is 1. The summed E-state index contributed by atoms with van der Waals surface area (Å²) in [5.41, 5.74) is 1.24. The van der Waals surface area contributed by atoms with Crippen molar-refractivity contribution in [1.29, 1.82) is 0 Å². The number of hydrogen-bond acceptors (Lipinski definition) is 3. The number of allylic oxidation sites excluding steroid dienone is 2. The Morgan fingerprint density at radius 1 is 0.941 bits per heavy atom. The summed E-state index contributed by atoms with van der Waals surface area (Å²) in [6, 6.07) is 0. The van der Waals surface area contributed by atoms with E-state index in [4.69, 9.17) is 0 Å². The molecule has 5 aliphatic rings. The molecule has 0 saturated heterocycles. The number of aliphatic hydroxyl groups excluding tert-OH is 1. The maximum Gasteiger partial charge on any atom is 1.00 e. The van der Waals surface area contributed by atoms with Crippen molar-refractivity contribution in [2.75, 3.05) is 0 Å². The Labute approximate surface area is 230 Å². The van der Waals surface area contributed by atoms with Gasteiger partial charge in [-0.2, -0.15) is 0 Å². The van der Waals surface area contributed by atoms with Crippen LogP contribution < -0.4 is 34.7 Å². The fourth-order valence-corrected chi connectivity index (χ4v) is 10.8. The number of carbonyl (C=O) groups is 1. The van der Waals surface area contributed by atoms with E-state index in [0.29, 0.717) is 23.7 Å². The van der Waals surface area contributed by atoms with Gasteiger partial charge in [0.05, 0.1) is 6.10 Å². The van der Waals surface area contributed by atoms with E-state index in [1.165, 1.54) is 18.4 Å². The summed E-state index contributed by atoms with van der Waals surface area (Å²) in [4.78, 5) is 12.7. The molecule has 34 heavy (non-hydrogen) atoms. The number of fused-ring (bicyclic) bond motifs is 7. The number of rotatable bonds is 1. The topological polar surface area (TPSA) is 60.4 Å². The van der Waals surface area contributed by atoms with Gasteiger partial charge in [-0.05, 0) is 109 Å². The van der Waals surface area contributed by atoms with Gasteiger partial charge >= 0.3 is 29.6 Å². The van der Waals surface area contributed by atoms with Crippen LogP contribution in [-0.4, -0.2) is 17.2 Å². The molecule has 0 heterocycles. The number of aliphatic hydroxyl groups is 1. The predicted octanol–water partition coefficient (Wildman–Crippen LogP) is 2.76. The maximum absolute atomic E-state index is 12.7. The van der Waals surface area contributed by atoms with E-state index in [9.17, 15) is 15.0 Å². The molecule has 4 fully saturated rings. The fourth-order valence-electron chi connectivity index (χ4n) is 10.8. The standard InChI is InChI=1S/C30H48O3.Na/c1-18-10-15-30(25(32)33)17-16-28(6)20(24(30)19(18)2)8-9-22-27(5)13-12-23(31)26(3,4)21(27)11-14-29(22,28)7;/h8,18-19,21-24,31H,9-17H2,1-7H3,(H,32,33);/q;+1/p-1. The summed E-state index contributed by atoms with van der Waals surface area (Å²) in [6.07, 6.45) is 11.3. The first-order chi connectivity index (χ1) is 15.3. The molecule has 10 atom stereocenters. The van der Waals surface area contributed by atoms with Crippen molar-refractivity contribution in [1.82, 2.24) is 0 Å². The van der Waals surface area contributed by atoms with E-state index in [0.717, 1.165) is 44.9 Å². The van der Waals surface area contributed by atoms with E-state index in [2.05, 4.69) is 54.5 Å². The molecular weight excluding hydrogens is 431 g/mol. The van der Waals surface area contributed by atoms with Gasteiger partial charge in [0.2, 0.25) is 0 Å². The molecule has 0 aliphatic heterocycles. The van der Waals surface area contributed by atoms with Gasteiger partial charge in [-0.1, -0.05) is 60.1 Å². The molecule has 10 unspecified atom stereocenters. The van der Waals surface area contributed by atoms with Gasteiger partial charge in [-0.25, -0.2) is 0 Å². The third kappa shape index (κ3) is 3.18. The number of carboxylic acid groups (broad SMARTS) is 1. The second kappa shape index (κ2) is 8.34. The van der Waals surface area contributed by atoms with Crippen LogP contribution in [-0.2, 0) is 4.79 Å². The van der Waals surface area contributed by atoms with Gasteiger partial charge < -0.3 is 15.0 Å². The van der Waals surface area contributed by atoms with Crippen LogP contribution in [0.2, 0.25) is 0 Å². The molecular formula is C30H47NaO3. The fraction of sp³-hybridized carbons (Fsp3) is 0.900. The average Bonchev–Trinajstić information content (AvgIpc) is 2.74. The molecule has 3 nitrogen and oxygen atoms in total. The van der Waals surface area contributed by atoms with Gasteiger partial charge in [0.25, 0.3) is 0 Å². The molecule has 4 saturated carbocycles. The van der Waals surface area contributed by atoms with Gasteiger partial charge in [0, 0.05) is 11.4 Å². The maximum atomic E-state index is 12.7. The monoisotopic (exact) mass is 478 g/mol. The summed E-state index contributed by atoms with van der Waals surface area (Å²) in [5.74, 6) is 1.42. The minimum absolute atomic E-state index is 0. The summed E-state index contributed by atoms with van der Waals surface area (Å²) in [6.45, 7) is 16.8. The molecule has 0 aromatic rings. The van der Waals surface area contributed by atoms with E-state index in [1.54, 1.807) is 0 Å². The van der Waals surface area contributed by atoms with Crippen LogP contribution in [0.4, 0.5) is 0 Å². The molecule has 186 valence electrons. The Balaban J connectivity index is 0.00000274. The minimum Gasteiger partial charge on any atom is -0.550 e. The number of aliphatic carboxylic acids is 1. The first-order valence-corrected chi connectivity index (χ1v) is 13.9. The zero-order valence-corrected chi connectivity index (χ0v) is 25.2. The molecule has 0 aromatic heterocycles. The van der Waals surface area contributed by atoms with Gasteiger partial charge in [0.1, 0.15) is 0 Å². The van der Waals surface area contributed by atoms with Crippen molar-refractivity contribution in [2.24, 2.45) is 56.7 Å². The summed E-state index contributed by atoms with van der Waals surface area (Å²) >= 11 is 0. The second-order valence-electron chi connectivity index (χ2n) is 14.5. The summed E-state index contributed by atoms with van der Waals surface area (Å²) in [7, 11) is 0. The van der Waals surface area contributed by atoms with Crippen molar-refractivity contribution in [3.63, 3.8) is 0 Å². The Kier molecular flexibility index (Phi) is 6.67. The van der Waals surface area contributed by atoms with Crippen molar-refractivity contribution >= 4 is 5.97 Å². The molecule has 0 amide bonds. The molecule has 0 bridgehead atoms. The minimum atomic E-state index is -0.792. The predicted molar refractivity (Wildman–Crippen MR) is 130 cm³/mol. The van der Waals surface area contributed by atoms with E-state index >= 15 is 0 Å². The van der Waals surface area contributed by atoms with Gasteiger partial charge in [-0.15, -0.1) is 0 Å². The molecule has 0 spiro atoms. The van der Waals surface area contributed by atoms with Gasteiger partial charge in [0.15, 0.2) is 0 Å². The SMILES string of the molecule is CC1CCC2(C(=O)[O-])CCC3(C)C(=CCC4C5(C)CCC(O)C(C)(C)C5CCC43C)C2C1C.[Na+]. The van der Waals surface area contributed by atoms with Gasteiger partial charge in [-0.3, -0.25) is 0 Å².